The Morgan fingerprint density at radius 2 is 2.40 bits per heavy atom. The van der Waals surface area contributed by atoms with Crippen molar-refractivity contribution in [1.29, 1.82) is 0 Å². The van der Waals surface area contributed by atoms with Gasteiger partial charge in [0.05, 0.1) is 12.6 Å². The van der Waals surface area contributed by atoms with E-state index in [1.807, 2.05) is 0 Å². The normalized spacial score (nSPS) is 28.2. The Balaban J connectivity index is 1.90. The summed E-state index contributed by atoms with van der Waals surface area (Å²) < 4.78 is 0.482. The molecule has 0 saturated carbocycles. The summed E-state index contributed by atoms with van der Waals surface area (Å²) in [6, 6.07) is 0. The van der Waals surface area contributed by atoms with E-state index in [2.05, 4.69) is 22.0 Å². The number of nitrogens with zero attached hydrogens (tertiary/aromatic N) is 3. The van der Waals surface area contributed by atoms with Crippen molar-refractivity contribution in [3.63, 3.8) is 0 Å². The lowest BCUT2D eigenvalue weighted by Crippen LogP contribution is -2.42. The molecule has 1 aliphatic rings. The summed E-state index contributed by atoms with van der Waals surface area (Å²) in [5.74, 6) is 0.402. The van der Waals surface area contributed by atoms with E-state index >= 15 is 0 Å². The highest BCUT2D eigenvalue weighted by Gasteiger charge is 2.24. The van der Waals surface area contributed by atoms with E-state index < -0.39 is 0 Å². The second kappa shape index (κ2) is 4.74. The maximum Gasteiger partial charge on any atom is 0.207 e. The minimum atomic E-state index is -0.220. The van der Waals surface area contributed by atoms with Gasteiger partial charge in [0.1, 0.15) is 5.01 Å². The zero-order valence-corrected chi connectivity index (χ0v) is 10.1. The average Bonchev–Trinajstić information content (AvgIpc) is 2.58. The number of aliphatic hydroxyl groups is 1. The van der Waals surface area contributed by atoms with Crippen molar-refractivity contribution in [3.8, 4) is 0 Å². The van der Waals surface area contributed by atoms with Gasteiger partial charge >= 0.3 is 0 Å². The molecule has 1 fully saturated rings. The van der Waals surface area contributed by atoms with Gasteiger partial charge in [-0.15, -0.1) is 10.2 Å². The van der Waals surface area contributed by atoms with Crippen LogP contribution in [-0.2, 0) is 6.54 Å². The third kappa shape index (κ3) is 2.87. The largest absolute Gasteiger partial charge is 0.392 e. The maximum absolute atomic E-state index is 9.73. The van der Waals surface area contributed by atoms with E-state index in [9.17, 15) is 5.11 Å². The van der Waals surface area contributed by atoms with E-state index in [1.54, 1.807) is 0 Å². The average molecular weight is 248 g/mol. The Bertz CT molecular complexity index is 333. The molecule has 4 nitrogen and oxygen atoms in total. The SMILES string of the molecule is CC1CCN(Cc2nnc(Cl)s2)CC1O. The van der Waals surface area contributed by atoms with Crippen molar-refractivity contribution in [2.45, 2.75) is 26.0 Å². The van der Waals surface area contributed by atoms with Crippen molar-refractivity contribution in [1.82, 2.24) is 15.1 Å². The molecule has 0 aliphatic carbocycles. The number of β-amino-alcohol motifs (C(OH)–C–C–N with tert-alkyl or cyclic N) is 1. The fourth-order valence-electron chi connectivity index (χ4n) is 1.75. The van der Waals surface area contributed by atoms with E-state index in [0.717, 1.165) is 31.1 Å². The number of aliphatic hydroxyl groups excluding tert-OH is 1. The van der Waals surface area contributed by atoms with Gasteiger partial charge in [-0.05, 0) is 30.5 Å². The summed E-state index contributed by atoms with van der Waals surface area (Å²) in [6.45, 7) is 4.56. The molecule has 2 heterocycles. The van der Waals surface area contributed by atoms with Crippen LogP contribution in [0.4, 0.5) is 0 Å². The molecule has 0 aromatic carbocycles. The molecular weight excluding hydrogens is 234 g/mol. The monoisotopic (exact) mass is 247 g/mol. The second-order valence-corrected chi connectivity index (χ2v) is 5.66. The van der Waals surface area contributed by atoms with Crippen molar-refractivity contribution < 1.29 is 5.11 Å². The zero-order chi connectivity index (χ0) is 10.8. The first kappa shape index (κ1) is 11.3. The summed E-state index contributed by atoms with van der Waals surface area (Å²) in [6.07, 6.45) is 0.815. The summed E-state index contributed by atoms with van der Waals surface area (Å²) in [5, 5.41) is 18.4. The molecule has 2 rings (SSSR count). The summed E-state index contributed by atoms with van der Waals surface area (Å²) in [5.41, 5.74) is 0. The molecule has 6 heteroatoms. The lowest BCUT2D eigenvalue weighted by atomic mass is 9.96. The lowest BCUT2D eigenvalue weighted by Gasteiger charge is -2.33. The van der Waals surface area contributed by atoms with Crippen LogP contribution in [0.5, 0.6) is 0 Å². The van der Waals surface area contributed by atoms with Crippen LogP contribution in [0.25, 0.3) is 0 Å². The zero-order valence-electron chi connectivity index (χ0n) is 8.56. The second-order valence-electron chi connectivity index (χ2n) is 4.02. The molecular formula is C9H14ClN3OS. The molecule has 84 valence electrons. The molecule has 1 saturated heterocycles. The van der Waals surface area contributed by atoms with Crippen molar-refractivity contribution in [2.24, 2.45) is 5.92 Å². The summed E-state index contributed by atoms with van der Waals surface area (Å²) in [7, 11) is 0. The number of aromatic nitrogens is 2. The van der Waals surface area contributed by atoms with Crippen LogP contribution >= 0.6 is 22.9 Å². The number of hydrogen-bond donors (Lipinski definition) is 1. The van der Waals surface area contributed by atoms with Gasteiger partial charge in [0.2, 0.25) is 4.47 Å². The summed E-state index contributed by atoms with van der Waals surface area (Å²) in [4.78, 5) is 2.20. The number of rotatable bonds is 2. The predicted octanol–water partition coefficient (Wildman–Crippen LogP) is 1.39. The molecule has 0 spiro atoms. The van der Waals surface area contributed by atoms with Crippen LogP contribution in [0.2, 0.25) is 4.47 Å². The van der Waals surface area contributed by atoms with Gasteiger partial charge in [0.25, 0.3) is 0 Å². The molecule has 1 aromatic heterocycles. The molecule has 2 unspecified atom stereocenters. The Labute approximate surface area is 97.9 Å². The molecule has 1 aliphatic heterocycles. The first-order valence-corrected chi connectivity index (χ1v) is 6.23. The standard InChI is InChI=1S/C9H14ClN3OS/c1-6-2-3-13(4-7(6)14)5-8-11-12-9(10)15-8/h6-7,14H,2-5H2,1H3. The molecule has 15 heavy (non-hydrogen) atoms. The lowest BCUT2D eigenvalue weighted by molar-refractivity contribution is 0.0258. The highest BCUT2D eigenvalue weighted by Crippen LogP contribution is 2.21. The Morgan fingerprint density at radius 3 is 3.00 bits per heavy atom. The van der Waals surface area contributed by atoms with E-state index in [0.29, 0.717) is 10.4 Å². The van der Waals surface area contributed by atoms with Crippen molar-refractivity contribution >= 4 is 22.9 Å². The van der Waals surface area contributed by atoms with E-state index in [1.165, 1.54) is 11.3 Å². The third-order valence-electron chi connectivity index (χ3n) is 2.80. The molecule has 1 N–H and O–H groups in total. The fraction of sp³-hybridized carbons (Fsp3) is 0.778. The van der Waals surface area contributed by atoms with Crippen molar-refractivity contribution in [3.05, 3.63) is 9.47 Å². The molecule has 0 bridgehead atoms. The van der Waals surface area contributed by atoms with Crippen LogP contribution in [0, 0.1) is 5.92 Å². The van der Waals surface area contributed by atoms with Gasteiger partial charge in [-0.1, -0.05) is 18.3 Å². The van der Waals surface area contributed by atoms with Crippen LogP contribution in [0.15, 0.2) is 0 Å². The number of likely N-dealkylation sites (tertiary alicyclic amines) is 1. The quantitative estimate of drug-likeness (QED) is 0.858. The van der Waals surface area contributed by atoms with Crippen molar-refractivity contribution in [2.75, 3.05) is 13.1 Å². The molecule has 1 aromatic rings. The number of hydrogen-bond acceptors (Lipinski definition) is 5. The molecule has 0 amide bonds. The molecule has 2 atom stereocenters. The first-order valence-electron chi connectivity index (χ1n) is 5.03. The highest BCUT2D eigenvalue weighted by atomic mass is 35.5. The molecule has 0 radical (unpaired) electrons. The first-order chi connectivity index (χ1) is 7.15. The Kier molecular flexibility index (Phi) is 3.56. The number of halogens is 1. The van der Waals surface area contributed by atoms with Gasteiger partial charge < -0.3 is 5.11 Å². The van der Waals surface area contributed by atoms with Gasteiger partial charge in [-0.25, -0.2) is 0 Å². The van der Waals surface area contributed by atoms with Crippen LogP contribution in [0.3, 0.4) is 0 Å². The Hall–Kier alpha value is -0.230. The van der Waals surface area contributed by atoms with Gasteiger partial charge in [-0.3, -0.25) is 4.90 Å². The topological polar surface area (TPSA) is 49.2 Å². The van der Waals surface area contributed by atoms with Crippen LogP contribution in [-0.4, -0.2) is 39.4 Å². The Morgan fingerprint density at radius 1 is 1.60 bits per heavy atom. The van der Waals surface area contributed by atoms with Gasteiger partial charge in [0, 0.05) is 6.54 Å². The van der Waals surface area contributed by atoms with E-state index in [-0.39, 0.29) is 6.10 Å². The number of piperidine rings is 1. The maximum atomic E-state index is 9.73. The van der Waals surface area contributed by atoms with Crippen LogP contribution < -0.4 is 0 Å². The summed E-state index contributed by atoms with van der Waals surface area (Å²) >= 11 is 7.11. The highest BCUT2D eigenvalue weighted by molar-refractivity contribution is 7.15. The minimum absolute atomic E-state index is 0.220. The van der Waals surface area contributed by atoms with Gasteiger partial charge in [0.15, 0.2) is 0 Å². The fourth-order valence-corrected chi connectivity index (χ4v) is 2.66. The van der Waals surface area contributed by atoms with Crippen LogP contribution in [0.1, 0.15) is 18.4 Å². The smallest absolute Gasteiger partial charge is 0.207 e. The minimum Gasteiger partial charge on any atom is -0.392 e. The van der Waals surface area contributed by atoms with E-state index in [4.69, 9.17) is 11.6 Å². The van der Waals surface area contributed by atoms with Gasteiger partial charge in [-0.2, -0.15) is 0 Å². The third-order valence-corrected chi connectivity index (χ3v) is 3.81. The predicted molar refractivity (Wildman–Crippen MR) is 60.0 cm³/mol.